The minimum atomic E-state index is -0.547. The lowest BCUT2D eigenvalue weighted by atomic mass is 10.0. The molecule has 0 aromatic rings. The van der Waals surface area contributed by atoms with Crippen molar-refractivity contribution < 1.29 is 0 Å². The van der Waals surface area contributed by atoms with E-state index in [0.29, 0.717) is 17.8 Å². The lowest BCUT2D eigenvalue weighted by Gasteiger charge is -2.25. The SMILES string of the molecule is CC1CC1C1(N)C=CNC(N)=N1. The van der Waals surface area contributed by atoms with Crippen LogP contribution in [0.2, 0.25) is 0 Å². The monoisotopic (exact) mass is 166 g/mol. The topological polar surface area (TPSA) is 76.4 Å². The molecule has 1 saturated carbocycles. The van der Waals surface area contributed by atoms with Crippen molar-refractivity contribution in [1.29, 1.82) is 0 Å². The van der Waals surface area contributed by atoms with Crippen molar-refractivity contribution >= 4 is 5.96 Å². The second kappa shape index (κ2) is 2.23. The van der Waals surface area contributed by atoms with E-state index in [4.69, 9.17) is 11.5 Å². The number of aliphatic imine (C=N–C) groups is 1. The molecule has 0 radical (unpaired) electrons. The summed E-state index contributed by atoms with van der Waals surface area (Å²) < 4.78 is 0. The van der Waals surface area contributed by atoms with Gasteiger partial charge in [0.25, 0.3) is 0 Å². The maximum atomic E-state index is 6.05. The van der Waals surface area contributed by atoms with Crippen LogP contribution in [0.15, 0.2) is 17.3 Å². The molecule has 1 heterocycles. The number of nitrogens with zero attached hydrogens (tertiary/aromatic N) is 1. The molecule has 0 bridgehead atoms. The Kier molecular flexibility index (Phi) is 1.41. The third-order valence-corrected chi connectivity index (χ3v) is 2.60. The number of nitrogens with two attached hydrogens (primary N) is 2. The molecule has 2 rings (SSSR count). The van der Waals surface area contributed by atoms with E-state index in [9.17, 15) is 0 Å². The third-order valence-electron chi connectivity index (χ3n) is 2.60. The van der Waals surface area contributed by atoms with Crippen LogP contribution in [0.4, 0.5) is 0 Å². The zero-order valence-electron chi connectivity index (χ0n) is 7.12. The van der Waals surface area contributed by atoms with Gasteiger partial charge in [0.15, 0.2) is 5.96 Å². The molecular formula is C8H14N4. The van der Waals surface area contributed by atoms with Gasteiger partial charge in [-0.25, -0.2) is 4.99 Å². The molecule has 5 N–H and O–H groups in total. The molecule has 3 atom stereocenters. The van der Waals surface area contributed by atoms with Gasteiger partial charge < -0.3 is 16.8 Å². The highest BCUT2D eigenvalue weighted by Gasteiger charge is 2.47. The van der Waals surface area contributed by atoms with Crippen molar-refractivity contribution in [2.75, 3.05) is 0 Å². The summed E-state index contributed by atoms with van der Waals surface area (Å²) in [5, 5.41) is 2.80. The lowest BCUT2D eigenvalue weighted by molar-refractivity contribution is 0.454. The van der Waals surface area contributed by atoms with E-state index >= 15 is 0 Å². The summed E-state index contributed by atoms with van der Waals surface area (Å²) >= 11 is 0. The molecule has 2 aliphatic rings. The second-order valence-corrected chi connectivity index (χ2v) is 3.68. The Labute approximate surface area is 71.7 Å². The van der Waals surface area contributed by atoms with E-state index in [1.165, 1.54) is 0 Å². The van der Waals surface area contributed by atoms with Gasteiger partial charge in [0, 0.05) is 12.1 Å². The van der Waals surface area contributed by atoms with Gasteiger partial charge in [0.2, 0.25) is 0 Å². The van der Waals surface area contributed by atoms with E-state index in [0.717, 1.165) is 6.42 Å². The minimum absolute atomic E-state index is 0.416. The Morgan fingerprint density at radius 2 is 2.42 bits per heavy atom. The Hall–Kier alpha value is -1.03. The molecule has 1 fully saturated rings. The first-order valence-electron chi connectivity index (χ1n) is 4.20. The zero-order chi connectivity index (χ0) is 8.77. The van der Waals surface area contributed by atoms with Crippen LogP contribution >= 0.6 is 0 Å². The summed E-state index contributed by atoms with van der Waals surface area (Å²) in [5.41, 5.74) is 11.0. The van der Waals surface area contributed by atoms with Gasteiger partial charge in [-0.15, -0.1) is 0 Å². The summed E-state index contributed by atoms with van der Waals surface area (Å²) in [5.74, 6) is 1.56. The maximum absolute atomic E-state index is 6.05. The Bertz CT molecular complexity index is 258. The largest absolute Gasteiger partial charge is 0.370 e. The highest BCUT2D eigenvalue weighted by atomic mass is 15.2. The number of nitrogens with one attached hydrogen (secondary N) is 1. The molecule has 1 aliphatic heterocycles. The van der Waals surface area contributed by atoms with Crippen molar-refractivity contribution in [3.63, 3.8) is 0 Å². The molecule has 0 amide bonds. The fourth-order valence-electron chi connectivity index (χ4n) is 1.71. The normalized spacial score (nSPS) is 45.0. The first-order valence-corrected chi connectivity index (χ1v) is 4.20. The predicted octanol–water partition coefficient (Wildman–Crippen LogP) is -0.271. The van der Waals surface area contributed by atoms with Crippen LogP contribution in [0.25, 0.3) is 0 Å². The van der Waals surface area contributed by atoms with Crippen LogP contribution in [0.3, 0.4) is 0 Å². The van der Waals surface area contributed by atoms with Gasteiger partial charge in [-0.2, -0.15) is 0 Å². The fraction of sp³-hybridized carbons (Fsp3) is 0.625. The van der Waals surface area contributed by atoms with Crippen LogP contribution < -0.4 is 16.8 Å². The molecule has 4 nitrogen and oxygen atoms in total. The number of hydrogen-bond acceptors (Lipinski definition) is 4. The van der Waals surface area contributed by atoms with Crippen LogP contribution in [0.5, 0.6) is 0 Å². The number of rotatable bonds is 1. The first kappa shape index (κ1) is 7.61. The Balaban J connectivity index is 2.19. The van der Waals surface area contributed by atoms with Gasteiger partial charge in [-0.1, -0.05) is 6.92 Å². The predicted molar refractivity (Wildman–Crippen MR) is 48.1 cm³/mol. The van der Waals surface area contributed by atoms with Crippen LogP contribution in [0, 0.1) is 11.8 Å². The third kappa shape index (κ3) is 1.08. The zero-order valence-corrected chi connectivity index (χ0v) is 7.12. The number of hydrogen-bond donors (Lipinski definition) is 3. The minimum Gasteiger partial charge on any atom is -0.370 e. The van der Waals surface area contributed by atoms with Crippen molar-refractivity contribution in [2.24, 2.45) is 28.3 Å². The quantitative estimate of drug-likeness (QED) is 0.502. The summed E-state index contributed by atoms with van der Waals surface area (Å²) in [4.78, 5) is 4.20. The van der Waals surface area contributed by atoms with Gasteiger partial charge >= 0.3 is 0 Å². The molecule has 1 aliphatic carbocycles. The van der Waals surface area contributed by atoms with Crippen molar-refractivity contribution in [1.82, 2.24) is 5.32 Å². The smallest absolute Gasteiger partial charge is 0.194 e. The van der Waals surface area contributed by atoms with Crippen LogP contribution in [0.1, 0.15) is 13.3 Å². The summed E-state index contributed by atoms with van der Waals surface area (Å²) in [6.07, 6.45) is 4.81. The fourth-order valence-corrected chi connectivity index (χ4v) is 1.71. The van der Waals surface area contributed by atoms with E-state index in [1.54, 1.807) is 6.20 Å². The highest BCUT2D eigenvalue weighted by Crippen LogP contribution is 2.46. The Morgan fingerprint density at radius 3 is 2.92 bits per heavy atom. The van der Waals surface area contributed by atoms with Crippen molar-refractivity contribution in [2.45, 2.75) is 19.0 Å². The molecular weight excluding hydrogens is 152 g/mol. The lowest BCUT2D eigenvalue weighted by Crippen LogP contribution is -2.46. The molecule has 0 aromatic heterocycles. The molecule has 66 valence electrons. The van der Waals surface area contributed by atoms with Gasteiger partial charge in [0.1, 0.15) is 5.66 Å². The van der Waals surface area contributed by atoms with E-state index in [1.807, 2.05) is 6.08 Å². The van der Waals surface area contributed by atoms with Gasteiger partial charge in [0.05, 0.1) is 0 Å². The molecule has 0 saturated heterocycles. The molecule has 0 spiro atoms. The standard InChI is InChI=1S/C8H14N4/c1-5-4-6(5)8(10)2-3-11-7(9)12-8/h2-3,5-6H,4,10H2,1H3,(H3,9,11,12). The average molecular weight is 166 g/mol. The molecule has 12 heavy (non-hydrogen) atoms. The number of guanidine groups is 1. The molecule has 3 unspecified atom stereocenters. The van der Waals surface area contributed by atoms with Crippen molar-refractivity contribution in [3.05, 3.63) is 12.3 Å². The molecule has 0 aromatic carbocycles. The van der Waals surface area contributed by atoms with E-state index in [-0.39, 0.29) is 0 Å². The summed E-state index contributed by atoms with van der Waals surface area (Å²) in [6.45, 7) is 2.18. The average Bonchev–Trinajstić information content (AvgIpc) is 2.66. The highest BCUT2D eigenvalue weighted by molar-refractivity contribution is 5.80. The molecule has 4 heteroatoms. The summed E-state index contributed by atoms with van der Waals surface area (Å²) in [6, 6.07) is 0. The van der Waals surface area contributed by atoms with E-state index in [2.05, 4.69) is 17.2 Å². The van der Waals surface area contributed by atoms with Crippen LogP contribution in [-0.4, -0.2) is 11.6 Å². The van der Waals surface area contributed by atoms with Crippen molar-refractivity contribution in [3.8, 4) is 0 Å². The van der Waals surface area contributed by atoms with Gasteiger partial charge in [-0.05, 0) is 18.4 Å². The maximum Gasteiger partial charge on any atom is 0.194 e. The first-order chi connectivity index (χ1) is 5.62. The van der Waals surface area contributed by atoms with Crippen LogP contribution in [-0.2, 0) is 0 Å². The van der Waals surface area contributed by atoms with Gasteiger partial charge in [-0.3, -0.25) is 0 Å². The van der Waals surface area contributed by atoms with E-state index < -0.39 is 5.66 Å². The summed E-state index contributed by atoms with van der Waals surface area (Å²) in [7, 11) is 0. The Morgan fingerprint density at radius 1 is 1.75 bits per heavy atom. The second-order valence-electron chi connectivity index (χ2n) is 3.68.